The molecule has 0 spiro atoms. The number of methoxy groups -OCH3 is 1. The van der Waals surface area contributed by atoms with E-state index in [2.05, 4.69) is 20.3 Å². The maximum absolute atomic E-state index is 13.1. The summed E-state index contributed by atoms with van der Waals surface area (Å²) in [5, 5.41) is 3.81. The van der Waals surface area contributed by atoms with Crippen LogP contribution in [-0.2, 0) is 11.0 Å². The highest BCUT2D eigenvalue weighted by atomic mass is 19.4. The molecule has 35 heavy (non-hydrogen) atoms. The lowest BCUT2D eigenvalue weighted by atomic mass is 10.1. The largest absolute Gasteiger partial charge is 0.493 e. The molecule has 1 unspecified atom stereocenters. The number of halogens is 3. The van der Waals surface area contributed by atoms with E-state index in [-0.39, 0.29) is 18.4 Å². The number of amides is 1. The Balaban J connectivity index is 1.68. The average Bonchev–Trinajstić information content (AvgIpc) is 3.17. The Kier molecular flexibility index (Phi) is 6.68. The number of aryl methyl sites for hydroxylation is 1. The molecule has 1 saturated heterocycles. The Morgan fingerprint density at radius 1 is 1.23 bits per heavy atom. The van der Waals surface area contributed by atoms with Crippen molar-refractivity contribution in [2.45, 2.75) is 45.5 Å². The zero-order chi connectivity index (χ0) is 25.3. The van der Waals surface area contributed by atoms with E-state index < -0.39 is 17.9 Å². The topological polar surface area (TPSA) is 89.5 Å². The Morgan fingerprint density at radius 3 is 2.66 bits per heavy atom. The molecule has 0 aliphatic carbocycles. The molecular weight excluding hydrogens is 463 g/mol. The summed E-state index contributed by atoms with van der Waals surface area (Å²) < 4.78 is 51.0. The van der Waals surface area contributed by atoms with Crippen LogP contribution >= 0.6 is 0 Å². The number of alkyl halides is 3. The predicted octanol–water partition coefficient (Wildman–Crippen LogP) is 4.53. The zero-order valence-electron chi connectivity index (χ0n) is 19.8. The second-order valence-corrected chi connectivity index (χ2v) is 8.35. The molecule has 0 radical (unpaired) electrons. The van der Waals surface area contributed by atoms with Gasteiger partial charge in [0, 0.05) is 24.2 Å². The summed E-state index contributed by atoms with van der Waals surface area (Å²) in [5.41, 5.74) is 0.0330. The van der Waals surface area contributed by atoms with Crippen LogP contribution in [0.2, 0.25) is 0 Å². The average molecular weight is 489 g/mol. The van der Waals surface area contributed by atoms with Crippen LogP contribution < -0.4 is 14.8 Å². The number of rotatable bonds is 7. The van der Waals surface area contributed by atoms with E-state index in [1.165, 1.54) is 13.2 Å². The summed E-state index contributed by atoms with van der Waals surface area (Å²) in [6.45, 7) is 6.47. The fourth-order valence-electron chi connectivity index (χ4n) is 4.07. The van der Waals surface area contributed by atoms with E-state index in [1.54, 1.807) is 30.9 Å². The monoisotopic (exact) mass is 489 g/mol. The van der Waals surface area contributed by atoms with E-state index in [9.17, 15) is 18.0 Å². The molecule has 0 saturated carbocycles. The molecule has 1 aliphatic heterocycles. The third-order valence-corrected chi connectivity index (χ3v) is 5.87. The van der Waals surface area contributed by atoms with Crippen molar-refractivity contribution in [3.8, 4) is 11.5 Å². The van der Waals surface area contributed by atoms with Crippen LogP contribution in [0.3, 0.4) is 0 Å². The number of anilines is 1. The van der Waals surface area contributed by atoms with E-state index in [0.717, 1.165) is 12.3 Å². The van der Waals surface area contributed by atoms with Gasteiger partial charge in [-0.2, -0.15) is 13.2 Å². The van der Waals surface area contributed by atoms with Crippen LogP contribution in [0.5, 0.6) is 11.5 Å². The number of nitrogens with zero attached hydrogens (tertiary/aromatic N) is 4. The summed E-state index contributed by atoms with van der Waals surface area (Å²) in [5.74, 6) is 1.84. The van der Waals surface area contributed by atoms with Gasteiger partial charge in [0.15, 0.2) is 11.5 Å². The summed E-state index contributed by atoms with van der Waals surface area (Å²) in [6, 6.07) is 5.49. The van der Waals surface area contributed by atoms with Gasteiger partial charge in [-0.25, -0.2) is 9.97 Å². The third kappa shape index (κ3) is 5.23. The highest BCUT2D eigenvalue weighted by molar-refractivity contribution is 5.92. The highest BCUT2D eigenvalue weighted by Crippen LogP contribution is 2.37. The summed E-state index contributed by atoms with van der Waals surface area (Å²) in [6.07, 6.45) is -3.45. The summed E-state index contributed by atoms with van der Waals surface area (Å²) in [4.78, 5) is 26.2. The van der Waals surface area contributed by atoms with Gasteiger partial charge in [-0.3, -0.25) is 9.78 Å². The molecule has 186 valence electrons. The van der Waals surface area contributed by atoms with Crippen molar-refractivity contribution in [2.24, 2.45) is 0 Å². The van der Waals surface area contributed by atoms with E-state index >= 15 is 0 Å². The van der Waals surface area contributed by atoms with E-state index in [4.69, 9.17) is 9.47 Å². The van der Waals surface area contributed by atoms with Crippen molar-refractivity contribution < 1.29 is 27.4 Å². The van der Waals surface area contributed by atoms with Gasteiger partial charge < -0.3 is 19.7 Å². The fourth-order valence-corrected chi connectivity index (χ4v) is 4.07. The fraction of sp³-hybridized carbons (Fsp3) is 0.417. The minimum absolute atomic E-state index is 0.0305. The first-order valence-corrected chi connectivity index (χ1v) is 11.2. The second-order valence-electron chi connectivity index (χ2n) is 8.35. The minimum Gasteiger partial charge on any atom is -0.493 e. The lowest BCUT2D eigenvalue weighted by Gasteiger charge is -2.20. The van der Waals surface area contributed by atoms with Gasteiger partial charge >= 0.3 is 6.18 Å². The first-order valence-electron chi connectivity index (χ1n) is 11.2. The first-order chi connectivity index (χ1) is 16.6. The molecular formula is C24H26F3N5O3. The van der Waals surface area contributed by atoms with Crippen LogP contribution in [0.4, 0.5) is 19.0 Å². The van der Waals surface area contributed by atoms with Crippen molar-refractivity contribution in [3.05, 3.63) is 47.5 Å². The SMILES string of the molecule is CCN1CC(Oc2cc3c(N[C@H](C)c4ccnc(C(F)(F)F)c4)nc(C)nc3cc2OC)CC1=O. The van der Waals surface area contributed by atoms with Gasteiger partial charge in [-0.05, 0) is 44.5 Å². The van der Waals surface area contributed by atoms with Gasteiger partial charge in [-0.1, -0.05) is 0 Å². The Hall–Kier alpha value is -3.63. The van der Waals surface area contributed by atoms with Crippen LogP contribution in [0, 0.1) is 6.92 Å². The number of ether oxygens (including phenoxy) is 2. The number of pyridine rings is 1. The van der Waals surface area contributed by atoms with Crippen molar-refractivity contribution in [3.63, 3.8) is 0 Å². The van der Waals surface area contributed by atoms with Gasteiger partial charge in [0.1, 0.15) is 23.4 Å². The van der Waals surface area contributed by atoms with Crippen molar-refractivity contribution in [1.82, 2.24) is 19.9 Å². The molecule has 1 aromatic carbocycles. The molecule has 1 aliphatic rings. The number of hydrogen-bond donors (Lipinski definition) is 1. The number of carbonyl (C=O) groups excluding carboxylic acids is 1. The summed E-state index contributed by atoms with van der Waals surface area (Å²) in [7, 11) is 1.52. The minimum atomic E-state index is -4.54. The molecule has 4 rings (SSSR count). The van der Waals surface area contributed by atoms with Crippen LogP contribution in [0.1, 0.15) is 43.4 Å². The lowest BCUT2D eigenvalue weighted by molar-refractivity contribution is -0.141. The van der Waals surface area contributed by atoms with E-state index in [0.29, 0.717) is 52.7 Å². The Morgan fingerprint density at radius 2 is 2.00 bits per heavy atom. The molecule has 2 atom stereocenters. The number of fused-ring (bicyclic) bond motifs is 1. The lowest BCUT2D eigenvalue weighted by Crippen LogP contribution is -2.26. The van der Waals surface area contributed by atoms with E-state index in [1.807, 2.05) is 6.92 Å². The van der Waals surface area contributed by atoms with Crippen LogP contribution in [-0.4, -0.2) is 52.1 Å². The number of nitrogens with one attached hydrogen (secondary N) is 1. The third-order valence-electron chi connectivity index (χ3n) is 5.87. The van der Waals surface area contributed by atoms with Crippen molar-refractivity contribution in [2.75, 3.05) is 25.5 Å². The van der Waals surface area contributed by atoms with Crippen LogP contribution in [0.25, 0.3) is 10.9 Å². The van der Waals surface area contributed by atoms with Crippen molar-refractivity contribution >= 4 is 22.6 Å². The maximum atomic E-state index is 13.1. The molecule has 1 N–H and O–H groups in total. The second kappa shape index (κ2) is 9.55. The predicted molar refractivity (Wildman–Crippen MR) is 123 cm³/mol. The summed E-state index contributed by atoms with van der Waals surface area (Å²) >= 11 is 0. The molecule has 1 amide bonds. The molecule has 11 heteroatoms. The molecule has 2 aromatic heterocycles. The maximum Gasteiger partial charge on any atom is 0.433 e. The Bertz CT molecular complexity index is 1250. The number of hydrogen-bond acceptors (Lipinski definition) is 7. The quantitative estimate of drug-likeness (QED) is 0.521. The number of likely N-dealkylation sites (N-methyl/N-ethyl adjacent to an activating group) is 1. The molecule has 3 heterocycles. The number of likely N-dealkylation sites (tertiary alicyclic amines) is 1. The first kappa shape index (κ1) is 24.5. The standard InChI is InChI=1S/C24H26F3N5O3/c1-5-32-12-16(9-22(32)33)35-20-10-17-18(11-19(20)34-4)30-14(3)31-23(17)29-13(2)15-6-7-28-21(8-15)24(25,26)27/h6-8,10-11,13,16H,5,9,12H2,1-4H3,(H,29,30,31)/t13-,16?/m1/s1. The number of benzene rings is 1. The normalized spacial score (nSPS) is 17.1. The number of aromatic nitrogens is 3. The van der Waals surface area contributed by atoms with Gasteiger partial charge in [0.2, 0.25) is 5.91 Å². The van der Waals surface area contributed by atoms with Crippen LogP contribution in [0.15, 0.2) is 30.5 Å². The zero-order valence-corrected chi connectivity index (χ0v) is 19.8. The Labute approximate surface area is 200 Å². The molecule has 1 fully saturated rings. The highest BCUT2D eigenvalue weighted by Gasteiger charge is 2.33. The smallest absolute Gasteiger partial charge is 0.433 e. The van der Waals surface area contributed by atoms with Gasteiger partial charge in [-0.15, -0.1) is 0 Å². The number of carbonyl (C=O) groups is 1. The molecule has 8 nitrogen and oxygen atoms in total. The van der Waals surface area contributed by atoms with Gasteiger partial charge in [0.05, 0.1) is 31.6 Å². The molecule has 0 bridgehead atoms. The van der Waals surface area contributed by atoms with Gasteiger partial charge in [0.25, 0.3) is 0 Å². The van der Waals surface area contributed by atoms with Crippen molar-refractivity contribution in [1.29, 1.82) is 0 Å². The molecule has 3 aromatic rings.